The summed E-state index contributed by atoms with van der Waals surface area (Å²) >= 11 is 0. The average molecular weight is 255 g/mol. The van der Waals surface area contributed by atoms with Gasteiger partial charge in [0.05, 0.1) is 13.2 Å². The van der Waals surface area contributed by atoms with Gasteiger partial charge >= 0.3 is 0 Å². The molecule has 1 aliphatic rings. The van der Waals surface area contributed by atoms with Crippen molar-refractivity contribution in [1.29, 1.82) is 0 Å². The predicted octanol–water partition coefficient (Wildman–Crippen LogP) is 3.11. The third-order valence-electron chi connectivity index (χ3n) is 3.35. The van der Waals surface area contributed by atoms with Crippen molar-refractivity contribution in [2.45, 2.75) is 12.5 Å². The highest BCUT2D eigenvalue weighted by Crippen LogP contribution is 2.25. The number of fused-ring (bicyclic) bond motifs is 1. The van der Waals surface area contributed by atoms with Gasteiger partial charge in [0.25, 0.3) is 0 Å². The lowest BCUT2D eigenvalue weighted by Crippen LogP contribution is -2.24. The predicted molar refractivity (Wildman–Crippen MR) is 76.0 cm³/mol. The van der Waals surface area contributed by atoms with Gasteiger partial charge in [-0.05, 0) is 42.3 Å². The van der Waals surface area contributed by atoms with Crippen molar-refractivity contribution in [3.8, 4) is 11.5 Å². The second-order valence-electron chi connectivity index (χ2n) is 4.69. The van der Waals surface area contributed by atoms with E-state index >= 15 is 0 Å². The second kappa shape index (κ2) is 5.22. The molecule has 2 aromatic rings. The first-order valence-corrected chi connectivity index (χ1v) is 6.46. The minimum absolute atomic E-state index is 0.347. The number of rotatable bonds is 4. The number of methoxy groups -OCH3 is 1. The van der Waals surface area contributed by atoms with Crippen LogP contribution in [-0.4, -0.2) is 19.8 Å². The van der Waals surface area contributed by atoms with Gasteiger partial charge in [-0.1, -0.05) is 18.2 Å². The molecule has 1 aliphatic heterocycles. The number of ether oxygens (including phenoxy) is 2. The first-order valence-electron chi connectivity index (χ1n) is 6.46. The molecule has 3 nitrogen and oxygen atoms in total. The molecule has 1 heterocycles. The third kappa shape index (κ3) is 2.65. The van der Waals surface area contributed by atoms with Crippen molar-refractivity contribution in [1.82, 2.24) is 0 Å². The van der Waals surface area contributed by atoms with E-state index in [1.54, 1.807) is 7.11 Å². The Morgan fingerprint density at radius 2 is 1.79 bits per heavy atom. The van der Waals surface area contributed by atoms with Crippen LogP contribution in [0.4, 0.5) is 5.69 Å². The molecule has 0 bridgehead atoms. The smallest absolute Gasteiger partial charge is 0.119 e. The van der Waals surface area contributed by atoms with Crippen molar-refractivity contribution in [2.24, 2.45) is 0 Å². The zero-order chi connectivity index (χ0) is 13.1. The molecule has 3 heteroatoms. The number of hydrogen-bond acceptors (Lipinski definition) is 3. The highest BCUT2D eigenvalue weighted by molar-refractivity contribution is 5.56. The molecule has 0 aliphatic carbocycles. The Balaban J connectivity index is 1.56. The molecule has 0 aromatic heterocycles. The first-order chi connectivity index (χ1) is 9.35. The monoisotopic (exact) mass is 255 g/mol. The fraction of sp³-hybridized carbons (Fsp3) is 0.250. The van der Waals surface area contributed by atoms with Crippen LogP contribution < -0.4 is 14.8 Å². The molecule has 1 N–H and O–H groups in total. The summed E-state index contributed by atoms with van der Waals surface area (Å²) in [6.07, 6.45) is 1.02. The van der Waals surface area contributed by atoms with Crippen LogP contribution in [0.2, 0.25) is 0 Å². The van der Waals surface area contributed by atoms with Crippen LogP contribution in [0.15, 0.2) is 48.5 Å². The van der Waals surface area contributed by atoms with E-state index in [9.17, 15) is 0 Å². The molecule has 0 spiro atoms. The molecule has 19 heavy (non-hydrogen) atoms. The standard InChI is InChI=1S/C16H17NO2/c1-18-14-6-8-15(9-7-14)19-11-13-10-12-4-2-3-5-16(12)17-13/h2-9,13,17H,10-11H2,1H3. The van der Waals surface area contributed by atoms with E-state index in [0.29, 0.717) is 12.6 Å². The molecule has 0 saturated heterocycles. The van der Waals surface area contributed by atoms with Gasteiger partial charge in [0.1, 0.15) is 18.1 Å². The van der Waals surface area contributed by atoms with E-state index in [1.807, 2.05) is 24.3 Å². The van der Waals surface area contributed by atoms with Crippen LogP contribution >= 0.6 is 0 Å². The zero-order valence-electron chi connectivity index (χ0n) is 10.9. The fourth-order valence-corrected chi connectivity index (χ4v) is 2.34. The molecule has 2 aromatic carbocycles. The van der Waals surface area contributed by atoms with Crippen molar-refractivity contribution in [2.75, 3.05) is 19.0 Å². The molecular formula is C16H17NO2. The van der Waals surface area contributed by atoms with Crippen LogP contribution in [0.3, 0.4) is 0 Å². The third-order valence-corrected chi connectivity index (χ3v) is 3.35. The minimum atomic E-state index is 0.347. The van der Waals surface area contributed by atoms with Crippen molar-refractivity contribution in [3.63, 3.8) is 0 Å². The van der Waals surface area contributed by atoms with E-state index in [4.69, 9.17) is 9.47 Å². The van der Waals surface area contributed by atoms with Gasteiger partial charge in [-0.3, -0.25) is 0 Å². The van der Waals surface area contributed by atoms with Gasteiger partial charge in [0.15, 0.2) is 0 Å². The van der Waals surface area contributed by atoms with Gasteiger partial charge in [-0.15, -0.1) is 0 Å². The lowest BCUT2D eigenvalue weighted by atomic mass is 10.1. The summed E-state index contributed by atoms with van der Waals surface area (Å²) in [4.78, 5) is 0. The van der Waals surface area contributed by atoms with Crippen LogP contribution in [0.1, 0.15) is 5.56 Å². The van der Waals surface area contributed by atoms with Crippen molar-refractivity contribution >= 4 is 5.69 Å². The summed E-state index contributed by atoms with van der Waals surface area (Å²) in [5, 5.41) is 3.48. The molecule has 0 fully saturated rings. The quantitative estimate of drug-likeness (QED) is 0.910. The molecule has 0 radical (unpaired) electrons. The molecule has 0 amide bonds. The number of benzene rings is 2. The fourth-order valence-electron chi connectivity index (χ4n) is 2.34. The summed E-state index contributed by atoms with van der Waals surface area (Å²) in [6.45, 7) is 0.668. The minimum Gasteiger partial charge on any atom is -0.497 e. The maximum absolute atomic E-state index is 5.80. The van der Waals surface area contributed by atoms with E-state index in [-0.39, 0.29) is 0 Å². The largest absolute Gasteiger partial charge is 0.497 e. The van der Waals surface area contributed by atoms with E-state index in [0.717, 1.165) is 17.9 Å². The first kappa shape index (κ1) is 11.9. The average Bonchev–Trinajstić information content (AvgIpc) is 2.88. The Labute approximate surface area is 113 Å². The van der Waals surface area contributed by atoms with E-state index < -0.39 is 0 Å². The lowest BCUT2D eigenvalue weighted by molar-refractivity contribution is 0.299. The Hall–Kier alpha value is -2.16. The molecule has 98 valence electrons. The van der Waals surface area contributed by atoms with E-state index in [2.05, 4.69) is 29.6 Å². The van der Waals surface area contributed by atoms with Gasteiger partial charge in [0.2, 0.25) is 0 Å². The normalized spacial score (nSPS) is 16.6. The summed E-state index contributed by atoms with van der Waals surface area (Å²) in [6, 6.07) is 16.4. The van der Waals surface area contributed by atoms with Crippen molar-refractivity contribution < 1.29 is 9.47 Å². The van der Waals surface area contributed by atoms with Crippen molar-refractivity contribution in [3.05, 3.63) is 54.1 Å². The number of nitrogens with one attached hydrogen (secondary N) is 1. The van der Waals surface area contributed by atoms with Crippen LogP contribution in [0, 0.1) is 0 Å². The molecule has 0 saturated carbocycles. The maximum Gasteiger partial charge on any atom is 0.119 e. The Kier molecular flexibility index (Phi) is 3.27. The van der Waals surface area contributed by atoms with Gasteiger partial charge in [-0.25, -0.2) is 0 Å². The second-order valence-corrected chi connectivity index (χ2v) is 4.69. The summed E-state index contributed by atoms with van der Waals surface area (Å²) in [5.41, 5.74) is 2.59. The van der Waals surface area contributed by atoms with Crippen LogP contribution in [0.5, 0.6) is 11.5 Å². The Morgan fingerprint density at radius 1 is 1.05 bits per heavy atom. The lowest BCUT2D eigenvalue weighted by Gasteiger charge is -2.13. The highest BCUT2D eigenvalue weighted by atomic mass is 16.5. The Morgan fingerprint density at radius 3 is 2.53 bits per heavy atom. The summed E-state index contributed by atoms with van der Waals surface area (Å²) in [7, 11) is 1.66. The SMILES string of the molecule is COc1ccc(OCC2Cc3ccccc3N2)cc1. The maximum atomic E-state index is 5.80. The number of hydrogen-bond donors (Lipinski definition) is 1. The van der Waals surface area contributed by atoms with Crippen LogP contribution in [-0.2, 0) is 6.42 Å². The molecule has 3 rings (SSSR count). The number of para-hydroxylation sites is 1. The molecule has 1 atom stereocenters. The van der Waals surface area contributed by atoms with Gasteiger partial charge in [-0.2, -0.15) is 0 Å². The summed E-state index contributed by atoms with van der Waals surface area (Å²) < 4.78 is 10.9. The topological polar surface area (TPSA) is 30.5 Å². The molecule has 1 unspecified atom stereocenters. The molecular weight excluding hydrogens is 238 g/mol. The van der Waals surface area contributed by atoms with Crippen LogP contribution in [0.25, 0.3) is 0 Å². The summed E-state index contributed by atoms with van der Waals surface area (Å²) in [5.74, 6) is 1.72. The van der Waals surface area contributed by atoms with E-state index in [1.165, 1.54) is 11.3 Å². The number of anilines is 1. The Bertz CT molecular complexity index is 526. The highest BCUT2D eigenvalue weighted by Gasteiger charge is 2.20. The van der Waals surface area contributed by atoms with Gasteiger partial charge < -0.3 is 14.8 Å². The van der Waals surface area contributed by atoms with Gasteiger partial charge in [0, 0.05) is 5.69 Å². The zero-order valence-corrected chi connectivity index (χ0v) is 10.9.